The van der Waals surface area contributed by atoms with Gasteiger partial charge < -0.3 is 14.6 Å². The van der Waals surface area contributed by atoms with E-state index in [2.05, 4.69) is 39.5 Å². The van der Waals surface area contributed by atoms with Gasteiger partial charge in [-0.3, -0.25) is 9.69 Å². The molecule has 31 heavy (non-hydrogen) atoms. The van der Waals surface area contributed by atoms with Gasteiger partial charge in [-0.2, -0.15) is 4.98 Å². The van der Waals surface area contributed by atoms with Gasteiger partial charge in [-0.1, -0.05) is 17.3 Å². The Kier molecular flexibility index (Phi) is 6.32. The van der Waals surface area contributed by atoms with Crippen LogP contribution in [-0.2, 0) is 0 Å². The van der Waals surface area contributed by atoms with E-state index in [-0.39, 0.29) is 11.9 Å². The molecular formula is C24H28N4O3. The van der Waals surface area contributed by atoms with Crippen LogP contribution in [0.1, 0.15) is 40.6 Å². The second-order valence-electron chi connectivity index (χ2n) is 8.04. The number of hydrogen-bond donors (Lipinski definition) is 1. The molecule has 2 heterocycles. The third kappa shape index (κ3) is 4.77. The zero-order valence-corrected chi connectivity index (χ0v) is 18.2. The summed E-state index contributed by atoms with van der Waals surface area (Å²) in [5.41, 5.74) is 2.66. The predicted octanol–water partition coefficient (Wildman–Crippen LogP) is 3.87. The fourth-order valence-electron chi connectivity index (χ4n) is 4.31. The van der Waals surface area contributed by atoms with Gasteiger partial charge in [0, 0.05) is 23.7 Å². The Morgan fingerprint density at radius 1 is 1.19 bits per heavy atom. The molecule has 0 radical (unpaired) electrons. The van der Waals surface area contributed by atoms with E-state index >= 15 is 0 Å². The van der Waals surface area contributed by atoms with E-state index < -0.39 is 0 Å². The number of nitrogens with zero attached hydrogens (tertiary/aromatic N) is 3. The lowest BCUT2D eigenvalue weighted by molar-refractivity contribution is 0.0891. The van der Waals surface area contributed by atoms with E-state index in [9.17, 15) is 4.79 Å². The van der Waals surface area contributed by atoms with Crippen LogP contribution in [0.15, 0.2) is 53.1 Å². The quantitative estimate of drug-likeness (QED) is 0.652. The van der Waals surface area contributed by atoms with E-state index in [0.29, 0.717) is 29.7 Å². The van der Waals surface area contributed by atoms with Crippen molar-refractivity contribution in [1.29, 1.82) is 0 Å². The number of likely N-dealkylation sites (tertiary alicyclic amines) is 1. The van der Waals surface area contributed by atoms with Gasteiger partial charge in [-0.15, -0.1) is 0 Å². The van der Waals surface area contributed by atoms with Gasteiger partial charge in [-0.25, -0.2) is 0 Å². The van der Waals surface area contributed by atoms with E-state index in [1.165, 1.54) is 5.56 Å². The first-order valence-electron chi connectivity index (χ1n) is 10.6. The van der Waals surface area contributed by atoms with Gasteiger partial charge in [0.05, 0.1) is 7.11 Å². The van der Waals surface area contributed by atoms with Gasteiger partial charge in [0.25, 0.3) is 11.8 Å². The van der Waals surface area contributed by atoms with Gasteiger partial charge >= 0.3 is 0 Å². The first-order chi connectivity index (χ1) is 15.0. The Morgan fingerprint density at radius 3 is 2.58 bits per heavy atom. The molecule has 4 rings (SSSR count). The summed E-state index contributed by atoms with van der Waals surface area (Å²) in [6.07, 6.45) is 2.21. The molecule has 1 aromatic heterocycles. The Balaban J connectivity index is 1.42. The van der Waals surface area contributed by atoms with Gasteiger partial charge in [0.2, 0.25) is 0 Å². The van der Waals surface area contributed by atoms with Crippen molar-refractivity contribution in [2.45, 2.75) is 25.8 Å². The zero-order valence-electron chi connectivity index (χ0n) is 18.2. The summed E-state index contributed by atoms with van der Waals surface area (Å²) in [5, 5.41) is 6.94. The Morgan fingerprint density at radius 2 is 1.94 bits per heavy atom. The number of methoxy groups -OCH3 is 1. The number of carbonyl (C=O) groups excluding carboxylic acids is 1. The fourth-order valence-corrected chi connectivity index (χ4v) is 4.31. The number of rotatable bonds is 6. The maximum atomic E-state index is 12.8. The Hall–Kier alpha value is -3.19. The zero-order chi connectivity index (χ0) is 21.8. The number of aromatic nitrogens is 2. The van der Waals surface area contributed by atoms with Gasteiger partial charge in [0.1, 0.15) is 5.75 Å². The average Bonchev–Trinajstić information content (AvgIpc) is 3.24. The first-order valence-corrected chi connectivity index (χ1v) is 10.6. The van der Waals surface area contributed by atoms with Crippen molar-refractivity contribution >= 4 is 5.91 Å². The highest BCUT2D eigenvalue weighted by Crippen LogP contribution is 2.35. The van der Waals surface area contributed by atoms with Crippen LogP contribution in [0.5, 0.6) is 5.75 Å². The average molecular weight is 421 g/mol. The summed E-state index contributed by atoms with van der Waals surface area (Å²) in [6.45, 7) is 3.46. The molecule has 0 spiro atoms. The molecule has 162 valence electrons. The second-order valence-corrected chi connectivity index (χ2v) is 8.04. The molecule has 2 aromatic carbocycles. The topological polar surface area (TPSA) is 80.5 Å². The van der Waals surface area contributed by atoms with Crippen molar-refractivity contribution in [3.8, 4) is 17.2 Å². The molecular weight excluding hydrogens is 392 g/mol. The first kappa shape index (κ1) is 21.1. The number of ether oxygens (including phenoxy) is 1. The van der Waals surface area contributed by atoms with Crippen molar-refractivity contribution in [2.24, 2.45) is 5.92 Å². The highest BCUT2D eigenvalue weighted by Gasteiger charge is 2.30. The second kappa shape index (κ2) is 9.31. The standard InChI is InChI=1S/C24H28N4O3/c1-16-26-24(31-27-16)19-8-6-18(7-9-19)23(29)25-15-20-5-4-14-28(2)22(20)17-10-12-21(30-3)13-11-17/h6-13,20,22H,4-5,14-15H2,1-3H3,(H,25,29). The summed E-state index contributed by atoms with van der Waals surface area (Å²) in [5.74, 6) is 2.16. The molecule has 1 amide bonds. The third-order valence-corrected chi connectivity index (χ3v) is 5.91. The molecule has 3 aromatic rings. The number of carbonyl (C=O) groups is 1. The molecule has 1 saturated heterocycles. The van der Waals surface area contributed by atoms with Crippen LogP contribution in [0.4, 0.5) is 0 Å². The summed E-state index contributed by atoms with van der Waals surface area (Å²) in [6, 6.07) is 15.8. The lowest BCUT2D eigenvalue weighted by Crippen LogP contribution is -2.41. The van der Waals surface area contributed by atoms with Crippen molar-refractivity contribution in [3.63, 3.8) is 0 Å². The molecule has 1 aliphatic heterocycles. The van der Waals surface area contributed by atoms with E-state index in [1.807, 2.05) is 24.3 Å². The summed E-state index contributed by atoms with van der Waals surface area (Å²) in [4.78, 5) is 19.4. The van der Waals surface area contributed by atoms with Crippen molar-refractivity contribution < 1.29 is 14.1 Å². The third-order valence-electron chi connectivity index (χ3n) is 5.91. The number of aryl methyl sites for hydroxylation is 1. The van der Waals surface area contributed by atoms with Crippen LogP contribution in [0.25, 0.3) is 11.5 Å². The van der Waals surface area contributed by atoms with Crippen LogP contribution in [0, 0.1) is 12.8 Å². The van der Waals surface area contributed by atoms with Gasteiger partial charge in [-0.05, 0) is 81.2 Å². The molecule has 2 atom stereocenters. The van der Waals surface area contributed by atoms with E-state index in [0.717, 1.165) is 30.7 Å². The molecule has 2 unspecified atom stereocenters. The molecule has 1 aliphatic rings. The highest BCUT2D eigenvalue weighted by atomic mass is 16.5. The minimum Gasteiger partial charge on any atom is -0.497 e. The minimum absolute atomic E-state index is 0.0741. The summed E-state index contributed by atoms with van der Waals surface area (Å²) >= 11 is 0. The SMILES string of the molecule is COc1ccc(C2C(CNC(=O)c3ccc(-c4nc(C)no4)cc3)CCCN2C)cc1. The highest BCUT2D eigenvalue weighted by molar-refractivity contribution is 5.94. The Labute approximate surface area is 182 Å². The predicted molar refractivity (Wildman–Crippen MR) is 118 cm³/mol. The largest absolute Gasteiger partial charge is 0.497 e. The van der Waals surface area contributed by atoms with Crippen LogP contribution in [-0.4, -0.2) is 48.2 Å². The van der Waals surface area contributed by atoms with Crippen LogP contribution >= 0.6 is 0 Å². The van der Waals surface area contributed by atoms with E-state index in [1.54, 1.807) is 26.2 Å². The van der Waals surface area contributed by atoms with Crippen molar-refractivity contribution in [2.75, 3.05) is 27.2 Å². The molecule has 7 nitrogen and oxygen atoms in total. The molecule has 1 N–H and O–H groups in total. The molecule has 0 bridgehead atoms. The summed E-state index contributed by atoms with van der Waals surface area (Å²) in [7, 11) is 3.83. The molecule has 7 heteroatoms. The number of amides is 1. The molecule has 0 aliphatic carbocycles. The van der Waals surface area contributed by atoms with Crippen molar-refractivity contribution in [1.82, 2.24) is 20.4 Å². The van der Waals surface area contributed by atoms with Gasteiger partial charge in [0.15, 0.2) is 5.82 Å². The monoisotopic (exact) mass is 420 g/mol. The summed E-state index contributed by atoms with van der Waals surface area (Å²) < 4.78 is 10.5. The number of hydrogen-bond acceptors (Lipinski definition) is 6. The lowest BCUT2D eigenvalue weighted by atomic mass is 9.85. The van der Waals surface area contributed by atoms with Crippen LogP contribution in [0.3, 0.4) is 0 Å². The van der Waals surface area contributed by atoms with Crippen LogP contribution < -0.4 is 10.1 Å². The maximum Gasteiger partial charge on any atom is 0.257 e. The normalized spacial score (nSPS) is 19.2. The smallest absolute Gasteiger partial charge is 0.257 e. The van der Waals surface area contributed by atoms with Crippen molar-refractivity contribution in [3.05, 3.63) is 65.5 Å². The lowest BCUT2D eigenvalue weighted by Gasteiger charge is -2.39. The number of piperidine rings is 1. The number of nitrogens with one attached hydrogen (secondary N) is 1. The van der Waals surface area contributed by atoms with E-state index in [4.69, 9.17) is 9.26 Å². The number of benzene rings is 2. The fraction of sp³-hybridized carbons (Fsp3) is 0.375. The molecule has 1 fully saturated rings. The van der Waals surface area contributed by atoms with Crippen LogP contribution in [0.2, 0.25) is 0 Å². The Bertz CT molecular complexity index is 1010. The minimum atomic E-state index is -0.0741. The molecule has 0 saturated carbocycles. The maximum absolute atomic E-state index is 12.8.